The van der Waals surface area contributed by atoms with Gasteiger partial charge < -0.3 is 19.8 Å². The zero-order valence-corrected chi connectivity index (χ0v) is 35.9. The van der Waals surface area contributed by atoms with Crippen molar-refractivity contribution in [2.75, 3.05) is 40.9 Å². The van der Waals surface area contributed by atoms with Crippen molar-refractivity contribution in [3.8, 4) is 0 Å². The molecule has 3 atom stereocenters. The molecule has 0 bridgehead atoms. The van der Waals surface area contributed by atoms with Crippen molar-refractivity contribution in [3.05, 3.63) is 48.6 Å². The number of nitrogens with one attached hydrogen (secondary N) is 1. The molecule has 0 aromatic heterocycles. The molecule has 3 unspecified atom stereocenters. The molecule has 0 saturated heterocycles. The van der Waals surface area contributed by atoms with E-state index in [9.17, 15) is 19.4 Å². The molecule has 1 amide bonds. The molecule has 310 valence electrons. The number of carbonyl (C=O) groups is 1. The summed E-state index contributed by atoms with van der Waals surface area (Å²) in [4.78, 5) is 23.1. The summed E-state index contributed by atoms with van der Waals surface area (Å²) in [6.07, 6.45) is 44.6. The molecule has 3 N–H and O–H groups in total. The molecule has 53 heavy (non-hydrogen) atoms. The topological polar surface area (TPSA) is 105 Å². The number of carbonyl (C=O) groups excluding carboxylic acids is 1. The number of quaternary nitrogens is 1. The second-order valence-corrected chi connectivity index (χ2v) is 17.2. The number of aliphatic hydroxyl groups excluding tert-OH is 1. The molecule has 0 aliphatic rings. The molecular weight excluding hydrogens is 683 g/mol. The highest BCUT2D eigenvalue weighted by atomic mass is 31.2. The summed E-state index contributed by atoms with van der Waals surface area (Å²) in [6.45, 7) is 4.74. The highest BCUT2D eigenvalue weighted by Gasteiger charge is 2.27. The Kier molecular flexibility index (Phi) is 35.1. The second-order valence-electron chi connectivity index (χ2n) is 15.7. The number of phosphoric acid groups is 1. The molecule has 0 spiro atoms. The smallest absolute Gasteiger partial charge is 0.387 e. The highest BCUT2D eigenvalue weighted by molar-refractivity contribution is 7.47. The standard InChI is InChI=1S/C44H83N2O6P/c1-6-8-10-12-14-16-18-20-22-23-24-26-28-30-32-34-36-38-44(48)45-42(41-52-53(49,50)51-40-39-46(3,4)5)43(47)37-35-33-31-29-27-25-21-19-17-15-13-11-9-7-2/h14,16,20,22,27,29,35,37,42-43,47H,6-13,15,17-19,21,23-26,28,30-34,36,38-41H2,1-5H3,(H-,45,48,49,50)/p+1/b16-14-,22-20-,29-27+,37-35+. The van der Waals surface area contributed by atoms with Crippen LogP contribution in [0, 0.1) is 0 Å². The predicted octanol–water partition coefficient (Wildman–Crippen LogP) is 11.7. The van der Waals surface area contributed by atoms with Crippen LogP contribution in [0.25, 0.3) is 0 Å². The Hall–Kier alpha value is -1.54. The maximum atomic E-state index is 12.8. The third kappa shape index (κ3) is 38.5. The molecule has 0 rings (SSSR count). The zero-order valence-electron chi connectivity index (χ0n) is 35.0. The maximum Gasteiger partial charge on any atom is 0.472 e. The van der Waals surface area contributed by atoms with Crippen LogP contribution in [0.1, 0.15) is 174 Å². The van der Waals surface area contributed by atoms with Gasteiger partial charge in [0.2, 0.25) is 5.91 Å². The Bertz CT molecular complexity index is 1010. The van der Waals surface area contributed by atoms with Crippen molar-refractivity contribution in [2.24, 2.45) is 0 Å². The number of hydrogen-bond acceptors (Lipinski definition) is 5. The summed E-state index contributed by atoms with van der Waals surface area (Å²) >= 11 is 0. The molecule has 8 nitrogen and oxygen atoms in total. The zero-order chi connectivity index (χ0) is 39.3. The van der Waals surface area contributed by atoms with Gasteiger partial charge in [0.25, 0.3) is 0 Å². The second kappa shape index (κ2) is 36.1. The quantitative estimate of drug-likeness (QED) is 0.0250. The lowest BCUT2D eigenvalue weighted by molar-refractivity contribution is -0.870. The lowest BCUT2D eigenvalue weighted by Crippen LogP contribution is -2.45. The summed E-state index contributed by atoms with van der Waals surface area (Å²) in [5.41, 5.74) is 0. The van der Waals surface area contributed by atoms with Crippen molar-refractivity contribution in [1.29, 1.82) is 0 Å². The van der Waals surface area contributed by atoms with E-state index >= 15 is 0 Å². The average molecular weight is 768 g/mol. The van der Waals surface area contributed by atoms with Gasteiger partial charge in [-0.05, 0) is 64.2 Å². The largest absolute Gasteiger partial charge is 0.472 e. The number of likely N-dealkylation sites (N-methyl/N-ethyl adjacent to an activating group) is 1. The first kappa shape index (κ1) is 51.5. The molecule has 0 aromatic carbocycles. The van der Waals surface area contributed by atoms with Crippen LogP contribution in [0.5, 0.6) is 0 Å². The normalized spacial score (nSPS) is 14.9. The molecule has 0 radical (unpaired) electrons. The fourth-order valence-electron chi connectivity index (χ4n) is 5.79. The number of rotatable bonds is 38. The lowest BCUT2D eigenvalue weighted by Gasteiger charge is -2.25. The average Bonchev–Trinajstić information content (AvgIpc) is 3.10. The molecule has 9 heteroatoms. The van der Waals surface area contributed by atoms with E-state index in [0.717, 1.165) is 51.4 Å². The van der Waals surface area contributed by atoms with E-state index in [1.54, 1.807) is 6.08 Å². The van der Waals surface area contributed by atoms with Crippen molar-refractivity contribution in [2.45, 2.75) is 187 Å². The molecule has 0 aromatic rings. The van der Waals surface area contributed by atoms with Gasteiger partial charge in [-0.1, -0.05) is 152 Å². The number of nitrogens with zero attached hydrogens (tertiary/aromatic N) is 1. The minimum atomic E-state index is -4.34. The molecule has 0 aliphatic heterocycles. The number of phosphoric ester groups is 1. The highest BCUT2D eigenvalue weighted by Crippen LogP contribution is 2.43. The fourth-order valence-corrected chi connectivity index (χ4v) is 6.53. The number of aliphatic hydroxyl groups is 1. The van der Waals surface area contributed by atoms with Crippen LogP contribution in [-0.4, -0.2) is 73.4 Å². The van der Waals surface area contributed by atoms with Gasteiger partial charge in [-0.2, -0.15) is 0 Å². The number of allylic oxidation sites excluding steroid dienone is 7. The van der Waals surface area contributed by atoms with Crippen molar-refractivity contribution < 1.29 is 32.9 Å². The van der Waals surface area contributed by atoms with Gasteiger partial charge in [0.05, 0.1) is 39.9 Å². The molecule has 0 fully saturated rings. The third-order valence-electron chi connectivity index (χ3n) is 9.27. The number of unbranched alkanes of at least 4 members (excludes halogenated alkanes) is 19. The summed E-state index contributed by atoms with van der Waals surface area (Å²) in [6, 6.07) is -0.866. The summed E-state index contributed by atoms with van der Waals surface area (Å²) < 4.78 is 23.5. The van der Waals surface area contributed by atoms with E-state index in [0.29, 0.717) is 17.4 Å². The van der Waals surface area contributed by atoms with Crippen molar-refractivity contribution in [1.82, 2.24) is 5.32 Å². The monoisotopic (exact) mass is 768 g/mol. The van der Waals surface area contributed by atoms with Gasteiger partial charge in [0.1, 0.15) is 13.2 Å². The Morgan fingerprint density at radius 3 is 1.66 bits per heavy atom. The predicted molar refractivity (Wildman–Crippen MR) is 226 cm³/mol. The minimum Gasteiger partial charge on any atom is -0.387 e. The Morgan fingerprint density at radius 2 is 1.09 bits per heavy atom. The molecule has 0 heterocycles. The first-order valence-corrected chi connectivity index (χ1v) is 23.0. The molecule has 0 aliphatic carbocycles. The summed E-state index contributed by atoms with van der Waals surface area (Å²) in [7, 11) is 1.54. The molecular formula is C44H84N2O6P+. The van der Waals surface area contributed by atoms with Crippen LogP contribution in [0.4, 0.5) is 0 Å². The summed E-state index contributed by atoms with van der Waals surface area (Å²) in [5.74, 6) is -0.198. The molecule has 0 saturated carbocycles. The van der Waals surface area contributed by atoms with Crippen LogP contribution >= 0.6 is 7.82 Å². The fraction of sp³-hybridized carbons (Fsp3) is 0.795. The van der Waals surface area contributed by atoms with Crippen molar-refractivity contribution >= 4 is 13.7 Å². The van der Waals surface area contributed by atoms with Crippen LogP contribution in [0.15, 0.2) is 48.6 Å². The third-order valence-corrected chi connectivity index (χ3v) is 10.3. The first-order chi connectivity index (χ1) is 25.5. The van der Waals surface area contributed by atoms with Crippen LogP contribution in [0.3, 0.4) is 0 Å². The van der Waals surface area contributed by atoms with E-state index in [1.165, 1.54) is 103 Å². The van der Waals surface area contributed by atoms with Crippen LogP contribution < -0.4 is 5.32 Å². The van der Waals surface area contributed by atoms with E-state index in [-0.39, 0.29) is 19.1 Å². The van der Waals surface area contributed by atoms with Crippen molar-refractivity contribution in [3.63, 3.8) is 0 Å². The number of amides is 1. The SMILES string of the molecule is CCCCC/C=C\C/C=C\CCCCCCCCCC(=O)NC(COP(=O)(O)OCC[N+](C)(C)C)C(O)/C=C/CC/C=C/CCCCCCCCCC. The first-order valence-electron chi connectivity index (χ1n) is 21.5. The van der Waals surface area contributed by atoms with E-state index in [1.807, 2.05) is 27.2 Å². The van der Waals surface area contributed by atoms with Gasteiger partial charge in [0.15, 0.2) is 0 Å². The van der Waals surface area contributed by atoms with Crippen LogP contribution in [0.2, 0.25) is 0 Å². The van der Waals surface area contributed by atoms with E-state index in [4.69, 9.17) is 9.05 Å². The minimum absolute atomic E-state index is 0.0531. The number of hydrogen-bond donors (Lipinski definition) is 3. The van der Waals surface area contributed by atoms with Gasteiger partial charge >= 0.3 is 7.82 Å². The van der Waals surface area contributed by atoms with Gasteiger partial charge in [-0.25, -0.2) is 4.57 Å². The van der Waals surface area contributed by atoms with E-state index < -0.39 is 20.0 Å². The van der Waals surface area contributed by atoms with Gasteiger partial charge in [-0.3, -0.25) is 13.8 Å². The van der Waals surface area contributed by atoms with E-state index in [2.05, 4.69) is 55.6 Å². The van der Waals surface area contributed by atoms with Crippen LogP contribution in [-0.2, 0) is 18.4 Å². The Morgan fingerprint density at radius 1 is 0.642 bits per heavy atom. The Balaban J connectivity index is 4.51. The maximum absolute atomic E-state index is 12.8. The van der Waals surface area contributed by atoms with Gasteiger partial charge in [-0.15, -0.1) is 0 Å². The summed E-state index contributed by atoms with van der Waals surface area (Å²) in [5, 5.41) is 13.8. The Labute approximate surface area is 327 Å². The van der Waals surface area contributed by atoms with Gasteiger partial charge in [0, 0.05) is 6.42 Å². The lowest BCUT2D eigenvalue weighted by atomic mass is 10.1.